The predicted octanol–water partition coefficient (Wildman–Crippen LogP) is 5.02. The van der Waals surface area contributed by atoms with Gasteiger partial charge in [-0.25, -0.2) is 14.8 Å². The zero-order valence-electron chi connectivity index (χ0n) is 32.5. The number of carboxylic acids is 2. The van der Waals surface area contributed by atoms with Gasteiger partial charge in [0.25, 0.3) is 10.1 Å². The van der Waals surface area contributed by atoms with E-state index in [9.17, 15) is 43.0 Å². The third-order valence-electron chi connectivity index (χ3n) is 8.06. The number of nitrogens with zero attached hydrogens (tertiary/aromatic N) is 6. The summed E-state index contributed by atoms with van der Waals surface area (Å²) in [6.45, 7) is -0.991. The molecule has 0 amide bonds. The van der Waals surface area contributed by atoms with Gasteiger partial charge in [-0.1, -0.05) is 29.3 Å². The Balaban J connectivity index is 1.24. The molecule has 0 saturated heterocycles. The molecule has 24 nitrogen and oxygen atoms in total. The minimum atomic E-state index is -4.85. The van der Waals surface area contributed by atoms with E-state index in [0.717, 1.165) is 6.07 Å². The minimum Gasteiger partial charge on any atom is -0.478 e. The van der Waals surface area contributed by atoms with E-state index in [1.54, 1.807) is 12.1 Å². The Morgan fingerprint density at radius 1 is 0.594 bits per heavy atom. The molecule has 2 aromatic heterocycles. The number of nitrogens with one attached hydrogen (secondary N) is 4. The maximum atomic E-state index is 12.7. The molecule has 0 radical (unpaired) electrons. The quantitative estimate of drug-likeness (QED) is 0.0140. The van der Waals surface area contributed by atoms with Crippen molar-refractivity contribution in [3.8, 4) is 12.0 Å². The van der Waals surface area contributed by atoms with Crippen LogP contribution in [0.2, 0.25) is 0 Å². The van der Waals surface area contributed by atoms with Crippen molar-refractivity contribution >= 4 is 92.8 Å². The summed E-state index contributed by atoms with van der Waals surface area (Å²) in [5.41, 5.74) is 1.90. The lowest BCUT2D eigenvalue weighted by atomic mass is 10.1. The summed E-state index contributed by atoms with van der Waals surface area (Å²) in [5.74, 6) is -2.43. The first kappa shape index (κ1) is 46.0. The molecule has 0 saturated carbocycles. The van der Waals surface area contributed by atoms with Crippen molar-refractivity contribution in [2.45, 2.75) is 9.79 Å². The monoisotopic (exact) mass is 918 g/mol. The first-order valence-corrected chi connectivity index (χ1v) is 20.3. The molecule has 0 aliphatic carbocycles. The topological polar surface area (TPSA) is 352 Å². The van der Waals surface area contributed by atoms with Crippen LogP contribution in [-0.4, -0.2) is 107 Å². The molecule has 4 aromatic carbocycles. The van der Waals surface area contributed by atoms with Gasteiger partial charge in [-0.2, -0.15) is 38.3 Å². The van der Waals surface area contributed by atoms with Crippen LogP contribution >= 0.6 is 12.0 Å². The van der Waals surface area contributed by atoms with Gasteiger partial charge in [0, 0.05) is 27.6 Å². The van der Waals surface area contributed by atoms with Gasteiger partial charge in [-0.15, -0.1) is 4.33 Å². The Bertz CT molecular complexity index is 2750. The zero-order valence-corrected chi connectivity index (χ0v) is 34.1. The number of ether oxygens (including phenoxy) is 2. The largest absolute Gasteiger partial charge is 0.478 e. The molecule has 26 heteroatoms. The first-order valence-electron chi connectivity index (χ1n) is 18.1. The van der Waals surface area contributed by atoms with Crippen LogP contribution in [0.4, 0.5) is 46.5 Å². The smallest absolute Gasteiger partial charge is 0.335 e. The van der Waals surface area contributed by atoms with Crippen molar-refractivity contribution in [2.24, 2.45) is 0 Å². The molecule has 0 aliphatic rings. The summed E-state index contributed by atoms with van der Waals surface area (Å²) in [7, 11) is -4.85. The van der Waals surface area contributed by atoms with Crippen LogP contribution in [0.1, 0.15) is 31.8 Å². The fourth-order valence-electron chi connectivity index (χ4n) is 5.27. The number of carbonyl (C=O) groups is 2. The Labute approximate surface area is 365 Å². The number of aliphatic hydroxyl groups excluding tert-OH is 2. The van der Waals surface area contributed by atoms with E-state index < -0.39 is 27.0 Å². The SMILES string of the molecule is O=C(O)c1ccc(Nc2nc(Nc3ccc(/C=C/c4ccc(Nc5nc(Nc6ccc(C(=O)O)cc6)nc(OCCO)n5)cc4S(=O)(=O)O)c(SOOO)c3)nc(OCCO)n2)cc1. The van der Waals surface area contributed by atoms with Crippen molar-refractivity contribution in [2.75, 3.05) is 47.7 Å². The van der Waals surface area contributed by atoms with Gasteiger partial charge in [0.1, 0.15) is 18.1 Å². The molecule has 0 spiro atoms. The van der Waals surface area contributed by atoms with E-state index in [1.165, 1.54) is 78.9 Å². The number of aliphatic hydroxyl groups is 2. The third kappa shape index (κ3) is 13.0. The standard InChI is InChI=1S/C38H34N10O14S2/c49-15-17-59-37-45-33(39-25-9-5-23(6-10-25)31(51)52)43-35(47-37)41-27-13-3-21(29(19-27)63-62-61-55)1-2-22-4-14-28(20-30(22)64(56,57)58)42-36-44-34(46-38(48-36)60-18-16-50)40-26-11-7-24(8-12-26)32(53)54/h1-14,19-20,49-50,55H,15-18H2,(H,51,52)(H,53,54)(H,56,57,58)(H2,39,41,43,45,47)(H2,40,42,44,46,48)/b2-1+. The van der Waals surface area contributed by atoms with E-state index in [1.807, 2.05) is 0 Å². The molecule has 6 aromatic rings. The number of hydrogen-bond donors (Lipinski definition) is 10. The Kier molecular flexibility index (Phi) is 15.4. The molecule has 0 atom stereocenters. The summed E-state index contributed by atoms with van der Waals surface area (Å²) in [6, 6.07) is 19.8. The van der Waals surface area contributed by atoms with Crippen molar-refractivity contribution in [1.82, 2.24) is 29.9 Å². The van der Waals surface area contributed by atoms with Crippen LogP contribution in [0, 0.1) is 0 Å². The van der Waals surface area contributed by atoms with E-state index in [2.05, 4.69) is 56.2 Å². The van der Waals surface area contributed by atoms with Gasteiger partial charge < -0.3 is 51.2 Å². The molecule has 0 aliphatic heterocycles. The molecule has 0 bridgehead atoms. The maximum Gasteiger partial charge on any atom is 0.335 e. The molecule has 0 unspecified atom stereocenters. The van der Waals surface area contributed by atoms with Crippen molar-refractivity contribution < 1.29 is 67.1 Å². The Morgan fingerprint density at radius 2 is 1.00 bits per heavy atom. The average molecular weight is 919 g/mol. The van der Waals surface area contributed by atoms with Gasteiger partial charge in [-0.3, -0.25) is 4.55 Å². The van der Waals surface area contributed by atoms with Crippen LogP contribution in [0.5, 0.6) is 12.0 Å². The zero-order chi connectivity index (χ0) is 45.6. The van der Waals surface area contributed by atoms with Crippen LogP contribution in [-0.2, 0) is 19.5 Å². The number of benzene rings is 4. The number of aromatic carboxylic acids is 2. The fraction of sp³-hybridized carbons (Fsp3) is 0.105. The molecule has 10 N–H and O–H groups in total. The second kappa shape index (κ2) is 21.5. The maximum absolute atomic E-state index is 12.7. The van der Waals surface area contributed by atoms with Gasteiger partial charge in [0.05, 0.1) is 36.4 Å². The van der Waals surface area contributed by atoms with Crippen LogP contribution in [0.25, 0.3) is 12.2 Å². The number of aromatic nitrogens is 6. The first-order chi connectivity index (χ1) is 30.8. The summed E-state index contributed by atoms with van der Waals surface area (Å²) < 4.78 is 51.0. The van der Waals surface area contributed by atoms with Crippen LogP contribution in [0.3, 0.4) is 0 Å². The summed E-state index contributed by atoms with van der Waals surface area (Å²) >= 11 is 0.579. The second-order valence-corrected chi connectivity index (χ2v) is 14.6. The van der Waals surface area contributed by atoms with Crippen LogP contribution < -0.4 is 30.7 Å². The highest BCUT2D eigenvalue weighted by molar-refractivity contribution is 7.94. The van der Waals surface area contributed by atoms with E-state index in [0.29, 0.717) is 39.6 Å². The summed E-state index contributed by atoms with van der Waals surface area (Å²) in [4.78, 5) is 47.6. The summed E-state index contributed by atoms with van der Waals surface area (Å²) in [5, 5.41) is 61.3. The molecule has 64 heavy (non-hydrogen) atoms. The lowest BCUT2D eigenvalue weighted by molar-refractivity contribution is -0.432. The number of anilines is 8. The normalized spacial score (nSPS) is 11.2. The minimum absolute atomic E-state index is 0.00412. The van der Waals surface area contributed by atoms with Crippen molar-refractivity contribution in [3.05, 3.63) is 107 Å². The van der Waals surface area contributed by atoms with Crippen LogP contribution in [0.15, 0.2) is 94.7 Å². The molecular weight excluding hydrogens is 885 g/mol. The van der Waals surface area contributed by atoms with Crippen molar-refractivity contribution in [3.63, 3.8) is 0 Å². The van der Waals surface area contributed by atoms with Gasteiger partial charge in [0.15, 0.2) is 0 Å². The Morgan fingerprint density at radius 3 is 1.42 bits per heavy atom. The number of hydrogen-bond acceptors (Lipinski definition) is 22. The molecule has 6 rings (SSSR count). The van der Waals surface area contributed by atoms with Gasteiger partial charge in [0.2, 0.25) is 23.8 Å². The highest BCUT2D eigenvalue weighted by atomic mass is 32.2. The third-order valence-corrected chi connectivity index (χ3v) is 9.64. The molecule has 0 fully saturated rings. The molecule has 2 heterocycles. The molecule has 332 valence electrons. The summed E-state index contributed by atoms with van der Waals surface area (Å²) in [6.07, 6.45) is 2.88. The molecular formula is C38H34N10O14S2. The highest BCUT2D eigenvalue weighted by Crippen LogP contribution is 2.32. The highest BCUT2D eigenvalue weighted by Gasteiger charge is 2.18. The lowest BCUT2D eigenvalue weighted by Crippen LogP contribution is -2.10. The van der Waals surface area contributed by atoms with Gasteiger partial charge >= 0.3 is 24.0 Å². The second-order valence-electron chi connectivity index (χ2n) is 12.5. The Hall–Kier alpha value is -7.56. The van der Waals surface area contributed by atoms with E-state index in [-0.39, 0.29) is 84.6 Å². The predicted molar refractivity (Wildman–Crippen MR) is 227 cm³/mol. The fourth-order valence-corrected chi connectivity index (χ4v) is 6.50. The van der Waals surface area contributed by atoms with E-state index in [4.69, 9.17) is 19.1 Å². The lowest BCUT2D eigenvalue weighted by Gasteiger charge is -2.13. The number of rotatable bonds is 22. The average Bonchev–Trinajstić information content (AvgIpc) is 3.26. The van der Waals surface area contributed by atoms with Gasteiger partial charge in [-0.05, 0) is 83.9 Å². The van der Waals surface area contributed by atoms with E-state index >= 15 is 0 Å². The number of carboxylic acid groups (broad SMARTS) is 2. The van der Waals surface area contributed by atoms with Crippen molar-refractivity contribution in [1.29, 1.82) is 0 Å².